The molecular weight excluding hydrogens is 761 g/mol. The van der Waals surface area contributed by atoms with E-state index in [-0.39, 0.29) is 13.8 Å². The van der Waals surface area contributed by atoms with Crippen molar-refractivity contribution in [3.63, 3.8) is 0 Å². The number of halogens is 19. The van der Waals surface area contributed by atoms with Crippen LogP contribution < -0.4 is 0 Å². The van der Waals surface area contributed by atoms with Crippen LogP contribution in [0.3, 0.4) is 0 Å². The Labute approximate surface area is 265 Å². The highest BCUT2D eigenvalue weighted by atomic mass is 32.2. The minimum atomic E-state index is -7.70. The molecule has 0 aromatic heterocycles. The lowest BCUT2D eigenvalue weighted by atomic mass is 9.82. The monoisotopic (exact) mass is 788 g/mol. The molecule has 0 bridgehead atoms. The Morgan fingerprint density at radius 2 is 1.12 bits per heavy atom. The number of ether oxygens (including phenoxy) is 1. The summed E-state index contributed by atoms with van der Waals surface area (Å²) in [5, 5.41) is 0. The lowest BCUT2D eigenvalue weighted by Gasteiger charge is -2.40. The van der Waals surface area contributed by atoms with Gasteiger partial charge in [-0.25, -0.2) is 22.0 Å². The highest BCUT2D eigenvalue weighted by Crippen LogP contribution is 2.59. The van der Waals surface area contributed by atoms with Gasteiger partial charge in [-0.2, -0.15) is 52.3 Å². The molecule has 25 heteroatoms. The number of alkyl halides is 15. The highest BCUT2D eigenvalue weighted by Gasteiger charge is 2.88. The zero-order chi connectivity index (χ0) is 40.3. The maximum Gasteiger partial charge on any atom is 0.384 e. The van der Waals surface area contributed by atoms with Gasteiger partial charge in [0.15, 0.2) is 5.67 Å². The zero-order valence-corrected chi connectivity index (χ0v) is 25.7. The van der Waals surface area contributed by atoms with E-state index in [4.69, 9.17) is 22.8 Å². The van der Waals surface area contributed by atoms with Gasteiger partial charge in [-0.1, -0.05) is 44.2 Å². The van der Waals surface area contributed by atoms with Gasteiger partial charge in [0.05, 0.1) is 18.8 Å². The van der Waals surface area contributed by atoms with E-state index < -0.39 is 101 Å². The maximum absolute atomic E-state index is 15.3. The number of carbonyl (C=O) groups is 1. The number of benzene rings is 1. The molecular formula is C24H27F19O5S. The summed E-state index contributed by atoms with van der Waals surface area (Å²) in [5.74, 6) is -46.5. The van der Waals surface area contributed by atoms with Crippen molar-refractivity contribution in [2.75, 3.05) is 12.9 Å². The molecule has 0 fully saturated rings. The molecule has 0 saturated carbocycles. The number of rotatable bonds is 14. The summed E-state index contributed by atoms with van der Waals surface area (Å²) in [6.07, 6.45) is -7.66. The second-order valence-corrected chi connectivity index (χ2v) is 11.5. The number of esters is 1. The van der Waals surface area contributed by atoms with Gasteiger partial charge in [-0.15, -0.1) is 0 Å². The van der Waals surface area contributed by atoms with E-state index in [9.17, 15) is 74.7 Å². The number of carbonyl (C=O) groups excluding carboxylic acids is 1. The Morgan fingerprint density at radius 3 is 1.47 bits per heavy atom. The van der Waals surface area contributed by atoms with Crippen molar-refractivity contribution < 1.29 is 107 Å². The molecule has 1 rings (SSSR count). The Kier molecular flexibility index (Phi) is 19.1. The van der Waals surface area contributed by atoms with Crippen LogP contribution >= 0.6 is 0 Å². The van der Waals surface area contributed by atoms with Gasteiger partial charge in [0.2, 0.25) is 0 Å². The zero-order valence-electron chi connectivity index (χ0n) is 24.9. The van der Waals surface area contributed by atoms with Crippen molar-refractivity contribution in [2.45, 2.75) is 81.2 Å². The first-order valence-electron chi connectivity index (χ1n) is 12.4. The summed E-state index contributed by atoms with van der Waals surface area (Å²) in [6.45, 7) is -0.218. The number of hydrogen-bond donors (Lipinski definition) is 1. The normalized spacial score (nSPS) is 15.6. The van der Waals surface area contributed by atoms with Crippen LogP contribution in [-0.2, 0) is 25.3 Å². The van der Waals surface area contributed by atoms with Gasteiger partial charge in [0.25, 0.3) is 16.0 Å². The molecule has 5 nitrogen and oxygen atoms in total. The van der Waals surface area contributed by atoms with E-state index in [1.165, 1.54) is 18.2 Å². The van der Waals surface area contributed by atoms with E-state index in [0.717, 1.165) is 19.1 Å². The summed E-state index contributed by atoms with van der Waals surface area (Å²) >= 11 is 0. The van der Waals surface area contributed by atoms with Crippen molar-refractivity contribution in [3.05, 3.63) is 35.9 Å². The van der Waals surface area contributed by atoms with Crippen molar-refractivity contribution in [2.24, 2.45) is 11.8 Å². The van der Waals surface area contributed by atoms with Gasteiger partial charge >= 0.3 is 42.0 Å². The molecule has 0 spiro atoms. The van der Waals surface area contributed by atoms with Crippen LogP contribution in [0, 0.1) is 11.8 Å². The van der Waals surface area contributed by atoms with Crippen LogP contribution in [0.15, 0.2) is 30.3 Å². The standard InChI is InChI=1S/C23H23F15O2.CH4O3S.2F2/c1-12(11-18(28,17(3,26)27)14-7-5-4-6-8-14)15(39)40-10-9-13(2)19(29,30)21(33,34)23(37,38)22(35,36)20(31,32)16(24)25;1-5(2,3)4;2*1-2/h4-8,12-13,16H,9-11H2,1-3H3;1H3,(H,2,3,4);;. The fourth-order valence-electron chi connectivity index (χ4n) is 3.48. The molecule has 3 atom stereocenters. The van der Waals surface area contributed by atoms with Crippen LogP contribution in [0.4, 0.5) is 84.2 Å². The minimum Gasteiger partial charge on any atom is -0.465 e. The first kappa shape index (κ1) is 50.6. The topological polar surface area (TPSA) is 80.7 Å². The van der Waals surface area contributed by atoms with E-state index in [0.29, 0.717) is 6.26 Å². The predicted molar refractivity (Wildman–Crippen MR) is 131 cm³/mol. The Bertz CT molecular complexity index is 1220. The average molecular weight is 789 g/mol. The molecule has 0 heterocycles. The fraction of sp³-hybridized carbons (Fsp3) is 0.708. The van der Waals surface area contributed by atoms with E-state index in [1.807, 2.05) is 0 Å². The van der Waals surface area contributed by atoms with E-state index in [1.54, 1.807) is 0 Å². The first-order valence-corrected chi connectivity index (χ1v) is 14.2. The Morgan fingerprint density at radius 1 is 0.755 bits per heavy atom. The summed E-state index contributed by atoms with van der Waals surface area (Å²) in [4.78, 5) is 12.1. The van der Waals surface area contributed by atoms with Crippen molar-refractivity contribution in [1.29, 1.82) is 0 Å². The highest BCUT2D eigenvalue weighted by molar-refractivity contribution is 7.85. The smallest absolute Gasteiger partial charge is 0.384 e. The van der Waals surface area contributed by atoms with Gasteiger partial charge in [-0.3, -0.25) is 9.35 Å². The molecule has 1 N–H and O–H groups in total. The van der Waals surface area contributed by atoms with Gasteiger partial charge in [-0.05, 0) is 12.0 Å². The summed E-state index contributed by atoms with van der Waals surface area (Å²) < 4.78 is 266. The third kappa shape index (κ3) is 12.2. The van der Waals surface area contributed by atoms with Gasteiger partial charge < -0.3 is 4.74 Å². The summed E-state index contributed by atoms with van der Waals surface area (Å²) in [5.41, 5.74) is -4.00. The molecule has 1 aromatic rings. The summed E-state index contributed by atoms with van der Waals surface area (Å²) in [6, 6.07) is 5.76. The lowest BCUT2D eigenvalue weighted by molar-refractivity contribution is -0.417. The SMILES string of the molecule is CC(CC(F)(c1ccccc1)C(C)(F)F)C(=O)OCCC(C)C(F)(F)C(F)(F)C(F)(F)C(F)(F)C(F)(F)C(F)F.CS(=O)(=O)O.FF.FF. The minimum absolute atomic E-state index is 0.0459. The van der Waals surface area contributed by atoms with Crippen molar-refractivity contribution >= 4 is 16.1 Å². The van der Waals surface area contributed by atoms with Crippen LogP contribution in [0.25, 0.3) is 0 Å². The molecule has 0 aliphatic rings. The average Bonchev–Trinajstić information content (AvgIpc) is 2.97. The molecule has 0 aliphatic heterocycles. The van der Waals surface area contributed by atoms with Gasteiger partial charge in [0.1, 0.15) is 0 Å². The summed E-state index contributed by atoms with van der Waals surface area (Å²) in [7, 11) is -3.67. The molecule has 292 valence electrons. The molecule has 49 heavy (non-hydrogen) atoms. The van der Waals surface area contributed by atoms with Crippen LogP contribution in [0.1, 0.15) is 39.2 Å². The van der Waals surface area contributed by atoms with Crippen LogP contribution in [-0.4, -0.2) is 73.8 Å². The largest absolute Gasteiger partial charge is 0.465 e. The Hall–Kier alpha value is -2.73. The van der Waals surface area contributed by atoms with Crippen molar-refractivity contribution in [3.8, 4) is 0 Å². The molecule has 0 radical (unpaired) electrons. The second-order valence-electron chi connectivity index (χ2n) is 10.0. The maximum atomic E-state index is 15.3. The number of hydrogen-bond acceptors (Lipinski definition) is 4. The quantitative estimate of drug-likeness (QED) is 0.115. The molecule has 0 saturated heterocycles. The van der Waals surface area contributed by atoms with Crippen LogP contribution in [0.2, 0.25) is 0 Å². The fourth-order valence-corrected chi connectivity index (χ4v) is 3.48. The van der Waals surface area contributed by atoms with E-state index in [2.05, 4.69) is 4.74 Å². The third-order valence-corrected chi connectivity index (χ3v) is 6.23. The molecule has 1 aromatic carbocycles. The van der Waals surface area contributed by atoms with Crippen molar-refractivity contribution in [1.82, 2.24) is 0 Å². The molecule has 0 aliphatic carbocycles. The van der Waals surface area contributed by atoms with Crippen LogP contribution in [0.5, 0.6) is 0 Å². The van der Waals surface area contributed by atoms with Gasteiger partial charge in [0, 0.05) is 37.6 Å². The molecule has 0 amide bonds. The lowest BCUT2D eigenvalue weighted by Crippen LogP contribution is -2.69. The predicted octanol–water partition coefficient (Wildman–Crippen LogP) is 9.73. The second kappa shape index (κ2) is 18.5. The van der Waals surface area contributed by atoms with E-state index >= 15 is 4.39 Å². The Balaban J connectivity index is -0.00000211. The molecule has 3 unspecified atom stereocenters. The third-order valence-electron chi connectivity index (χ3n) is 6.23. The first-order chi connectivity index (χ1) is 21.7.